The Morgan fingerprint density at radius 2 is 1.79 bits per heavy atom. The minimum atomic E-state index is 0.559. The normalized spacial score (nSPS) is 10.5. The molecule has 2 N–H and O–H groups in total. The summed E-state index contributed by atoms with van der Waals surface area (Å²) in [5, 5.41) is 0. The molecule has 0 aliphatic carbocycles. The summed E-state index contributed by atoms with van der Waals surface area (Å²) < 4.78 is 7.07. The fourth-order valence-electron chi connectivity index (χ4n) is 2.04. The number of benzene rings is 2. The molecular weight excluding hydrogens is 302 g/mol. The molecule has 100 valence electrons. The van der Waals surface area contributed by atoms with Gasteiger partial charge in [0.05, 0.1) is 0 Å². The average molecular weight is 320 g/mol. The third kappa shape index (κ3) is 3.58. The second-order valence-corrected chi connectivity index (χ2v) is 5.34. The SMILES string of the molecule is Cc1cccc(CCN)c1OCc1ccccc1Br. The summed E-state index contributed by atoms with van der Waals surface area (Å²) in [5.41, 5.74) is 9.12. The Balaban J connectivity index is 2.17. The molecule has 2 nitrogen and oxygen atoms in total. The van der Waals surface area contributed by atoms with Crippen molar-refractivity contribution in [2.24, 2.45) is 5.73 Å². The maximum absolute atomic E-state index is 6.00. The number of rotatable bonds is 5. The zero-order valence-corrected chi connectivity index (χ0v) is 12.6. The van der Waals surface area contributed by atoms with E-state index in [0.29, 0.717) is 13.2 Å². The van der Waals surface area contributed by atoms with Crippen molar-refractivity contribution >= 4 is 15.9 Å². The molecule has 3 heteroatoms. The average Bonchev–Trinajstić information content (AvgIpc) is 2.40. The second kappa shape index (κ2) is 6.73. The number of ether oxygens (including phenoxy) is 1. The molecule has 2 aromatic rings. The van der Waals surface area contributed by atoms with Crippen LogP contribution in [-0.4, -0.2) is 6.54 Å². The third-order valence-corrected chi connectivity index (χ3v) is 3.81. The fraction of sp³-hybridized carbons (Fsp3) is 0.250. The highest BCUT2D eigenvalue weighted by molar-refractivity contribution is 9.10. The third-order valence-electron chi connectivity index (χ3n) is 3.04. The van der Waals surface area contributed by atoms with Crippen molar-refractivity contribution < 1.29 is 4.74 Å². The molecule has 0 spiro atoms. The summed E-state index contributed by atoms with van der Waals surface area (Å²) in [6, 6.07) is 14.3. The van der Waals surface area contributed by atoms with Crippen molar-refractivity contribution in [1.82, 2.24) is 0 Å². The maximum atomic E-state index is 6.00. The Labute approximate surface area is 122 Å². The molecule has 0 saturated heterocycles. The summed E-state index contributed by atoms with van der Waals surface area (Å²) in [7, 11) is 0. The Hall–Kier alpha value is -1.32. The second-order valence-electron chi connectivity index (χ2n) is 4.48. The van der Waals surface area contributed by atoms with E-state index in [4.69, 9.17) is 10.5 Å². The minimum Gasteiger partial charge on any atom is -0.488 e. The van der Waals surface area contributed by atoms with Gasteiger partial charge in [0.25, 0.3) is 0 Å². The molecule has 0 aliphatic heterocycles. The maximum Gasteiger partial charge on any atom is 0.125 e. The lowest BCUT2D eigenvalue weighted by molar-refractivity contribution is 0.300. The Bertz CT molecular complexity index is 554. The molecule has 0 amide bonds. The van der Waals surface area contributed by atoms with Crippen LogP contribution in [0.25, 0.3) is 0 Å². The van der Waals surface area contributed by atoms with Crippen molar-refractivity contribution in [3.63, 3.8) is 0 Å². The zero-order valence-electron chi connectivity index (χ0n) is 11.0. The molecular formula is C16H18BrNO. The van der Waals surface area contributed by atoms with Gasteiger partial charge in [-0.3, -0.25) is 0 Å². The van der Waals surface area contributed by atoms with Crippen LogP contribution < -0.4 is 10.5 Å². The highest BCUT2D eigenvalue weighted by Crippen LogP contribution is 2.26. The van der Waals surface area contributed by atoms with E-state index in [1.165, 1.54) is 5.56 Å². The van der Waals surface area contributed by atoms with Crippen molar-refractivity contribution in [2.75, 3.05) is 6.54 Å². The lowest BCUT2D eigenvalue weighted by Gasteiger charge is -2.14. The quantitative estimate of drug-likeness (QED) is 0.908. The summed E-state index contributed by atoms with van der Waals surface area (Å²) in [4.78, 5) is 0. The van der Waals surface area contributed by atoms with Gasteiger partial charge in [-0.1, -0.05) is 52.3 Å². The topological polar surface area (TPSA) is 35.2 Å². The van der Waals surface area contributed by atoms with Crippen LogP contribution in [0.4, 0.5) is 0 Å². The van der Waals surface area contributed by atoms with E-state index in [-0.39, 0.29) is 0 Å². The standard InChI is InChI=1S/C16H18BrNO/c1-12-5-4-7-13(9-10-18)16(12)19-11-14-6-2-3-8-15(14)17/h2-8H,9-11,18H2,1H3. The summed E-state index contributed by atoms with van der Waals surface area (Å²) >= 11 is 3.54. The highest BCUT2D eigenvalue weighted by atomic mass is 79.9. The molecule has 0 heterocycles. The Kier molecular flexibility index (Phi) is 5.00. The molecule has 2 rings (SSSR count). The van der Waals surface area contributed by atoms with E-state index >= 15 is 0 Å². The van der Waals surface area contributed by atoms with Gasteiger partial charge in [-0.05, 0) is 37.1 Å². The lowest BCUT2D eigenvalue weighted by Crippen LogP contribution is -2.06. The molecule has 0 radical (unpaired) electrons. The first kappa shape index (κ1) is 14.1. The van der Waals surface area contributed by atoms with Crippen LogP contribution in [0.5, 0.6) is 5.75 Å². The fourth-order valence-corrected chi connectivity index (χ4v) is 2.44. The number of hydrogen-bond donors (Lipinski definition) is 1. The lowest BCUT2D eigenvalue weighted by atomic mass is 10.1. The van der Waals surface area contributed by atoms with Crippen LogP contribution in [0.15, 0.2) is 46.9 Å². The van der Waals surface area contributed by atoms with E-state index < -0.39 is 0 Å². The van der Waals surface area contributed by atoms with Gasteiger partial charge in [-0.25, -0.2) is 0 Å². The molecule has 0 saturated carbocycles. The van der Waals surface area contributed by atoms with Crippen molar-refractivity contribution in [3.8, 4) is 5.75 Å². The minimum absolute atomic E-state index is 0.559. The van der Waals surface area contributed by atoms with Gasteiger partial charge in [0, 0.05) is 10.0 Å². The van der Waals surface area contributed by atoms with E-state index in [1.54, 1.807) is 0 Å². The van der Waals surface area contributed by atoms with Crippen LogP contribution in [0.3, 0.4) is 0 Å². The Morgan fingerprint density at radius 3 is 2.53 bits per heavy atom. The summed E-state index contributed by atoms with van der Waals surface area (Å²) in [5.74, 6) is 0.962. The number of aryl methyl sites for hydroxylation is 1. The first-order valence-electron chi connectivity index (χ1n) is 6.37. The number of hydrogen-bond acceptors (Lipinski definition) is 2. The van der Waals surface area contributed by atoms with Gasteiger partial charge in [0.1, 0.15) is 12.4 Å². The summed E-state index contributed by atoms with van der Waals surface area (Å²) in [6.07, 6.45) is 0.840. The molecule has 0 bridgehead atoms. The first-order valence-corrected chi connectivity index (χ1v) is 7.16. The monoisotopic (exact) mass is 319 g/mol. The zero-order chi connectivity index (χ0) is 13.7. The van der Waals surface area contributed by atoms with Crippen molar-refractivity contribution in [2.45, 2.75) is 20.0 Å². The molecule has 2 aromatic carbocycles. The van der Waals surface area contributed by atoms with E-state index in [9.17, 15) is 0 Å². The predicted molar refractivity (Wildman–Crippen MR) is 82.4 cm³/mol. The number of halogens is 1. The molecule has 0 unspecified atom stereocenters. The van der Waals surface area contributed by atoms with Crippen LogP contribution in [0.1, 0.15) is 16.7 Å². The Morgan fingerprint density at radius 1 is 1.05 bits per heavy atom. The van der Waals surface area contributed by atoms with Gasteiger partial charge in [0.2, 0.25) is 0 Å². The first-order chi connectivity index (χ1) is 9.22. The van der Waals surface area contributed by atoms with Crippen LogP contribution in [0, 0.1) is 6.92 Å². The van der Waals surface area contributed by atoms with Crippen molar-refractivity contribution in [3.05, 3.63) is 63.6 Å². The van der Waals surface area contributed by atoms with Gasteiger partial charge in [0.15, 0.2) is 0 Å². The largest absolute Gasteiger partial charge is 0.488 e. The van der Waals surface area contributed by atoms with Crippen LogP contribution in [-0.2, 0) is 13.0 Å². The predicted octanol–water partition coefficient (Wildman–Crippen LogP) is 3.84. The molecule has 0 atom stereocenters. The van der Waals surface area contributed by atoms with Crippen LogP contribution >= 0.6 is 15.9 Å². The van der Waals surface area contributed by atoms with Gasteiger partial charge in [-0.2, -0.15) is 0 Å². The van der Waals surface area contributed by atoms with Crippen molar-refractivity contribution in [1.29, 1.82) is 0 Å². The van der Waals surface area contributed by atoms with Gasteiger partial charge < -0.3 is 10.5 Å². The highest BCUT2D eigenvalue weighted by Gasteiger charge is 2.07. The molecule has 19 heavy (non-hydrogen) atoms. The molecule has 0 aromatic heterocycles. The number of nitrogens with two attached hydrogens (primary N) is 1. The van der Waals surface area contributed by atoms with Gasteiger partial charge in [-0.15, -0.1) is 0 Å². The smallest absolute Gasteiger partial charge is 0.125 e. The number of para-hydroxylation sites is 1. The van der Waals surface area contributed by atoms with E-state index in [1.807, 2.05) is 24.3 Å². The molecule has 0 aliphatic rings. The summed E-state index contributed by atoms with van der Waals surface area (Å²) in [6.45, 7) is 3.26. The van der Waals surface area contributed by atoms with E-state index in [2.05, 4.69) is 41.1 Å². The van der Waals surface area contributed by atoms with Crippen LogP contribution in [0.2, 0.25) is 0 Å². The van der Waals surface area contributed by atoms with E-state index in [0.717, 1.165) is 27.8 Å². The molecule has 0 fully saturated rings. The van der Waals surface area contributed by atoms with Gasteiger partial charge >= 0.3 is 0 Å².